The average Bonchev–Trinajstić information content (AvgIpc) is 3.06. The van der Waals surface area contributed by atoms with Crippen LogP contribution < -0.4 is 0 Å². The van der Waals surface area contributed by atoms with Crippen LogP contribution in [0.1, 0.15) is 62.5 Å². The van der Waals surface area contributed by atoms with Crippen LogP contribution in [-0.4, -0.2) is 50.3 Å². The smallest absolute Gasteiger partial charge is 0.309 e. The maximum atomic E-state index is 12.4. The molecule has 4 rings (SSSR count). The molecule has 43 heavy (non-hydrogen) atoms. The molecule has 2 saturated carbocycles. The van der Waals surface area contributed by atoms with Crippen molar-refractivity contribution in [2.45, 2.75) is 64.6 Å². The standard InChI is InChI=1S/C34H42O9/c35-31(27-11-15-29(16-12-27)33(37)42-23-25-7-3-1-4-8-25)40-21-19-39-20-22-41-32(36)28-13-17-30(18-14-28)34(38)43-24-26-9-5-2-6-10-26/h1-10,27-30H,11-24H2/t27-,28-,29+,30+. The van der Waals surface area contributed by atoms with Gasteiger partial charge < -0.3 is 23.7 Å². The number of rotatable bonds is 14. The van der Waals surface area contributed by atoms with E-state index in [9.17, 15) is 19.2 Å². The molecule has 0 aromatic heterocycles. The Kier molecular flexibility index (Phi) is 13.0. The summed E-state index contributed by atoms with van der Waals surface area (Å²) in [5.74, 6) is -1.78. The second-order valence-corrected chi connectivity index (χ2v) is 11.2. The fourth-order valence-corrected chi connectivity index (χ4v) is 5.56. The zero-order valence-corrected chi connectivity index (χ0v) is 24.7. The number of ether oxygens (including phenoxy) is 5. The van der Waals surface area contributed by atoms with E-state index >= 15 is 0 Å². The van der Waals surface area contributed by atoms with Crippen LogP contribution in [0.25, 0.3) is 0 Å². The zero-order valence-electron chi connectivity index (χ0n) is 24.7. The third-order valence-electron chi connectivity index (χ3n) is 8.18. The highest BCUT2D eigenvalue weighted by molar-refractivity contribution is 5.76. The van der Waals surface area contributed by atoms with Gasteiger partial charge in [-0.3, -0.25) is 19.2 Å². The van der Waals surface area contributed by atoms with Crippen molar-refractivity contribution in [2.24, 2.45) is 23.7 Å². The maximum absolute atomic E-state index is 12.4. The predicted octanol–water partition coefficient (Wildman–Crippen LogP) is 5.19. The van der Waals surface area contributed by atoms with Crippen molar-refractivity contribution >= 4 is 23.9 Å². The number of carbonyl (C=O) groups is 4. The van der Waals surface area contributed by atoms with Gasteiger partial charge in [-0.15, -0.1) is 0 Å². The molecule has 2 aliphatic carbocycles. The topological polar surface area (TPSA) is 114 Å². The summed E-state index contributed by atoms with van der Waals surface area (Å²) < 4.78 is 27.0. The zero-order chi connectivity index (χ0) is 30.3. The Morgan fingerprint density at radius 3 is 1.07 bits per heavy atom. The Labute approximate surface area is 253 Å². The molecule has 2 aromatic carbocycles. The van der Waals surface area contributed by atoms with Crippen molar-refractivity contribution in [2.75, 3.05) is 26.4 Å². The van der Waals surface area contributed by atoms with Crippen LogP contribution in [0, 0.1) is 23.7 Å². The number of hydrogen-bond acceptors (Lipinski definition) is 9. The monoisotopic (exact) mass is 594 g/mol. The van der Waals surface area contributed by atoms with Crippen molar-refractivity contribution in [1.29, 1.82) is 0 Å². The molecule has 0 unspecified atom stereocenters. The summed E-state index contributed by atoms with van der Waals surface area (Å²) in [6.45, 7) is 1.18. The van der Waals surface area contributed by atoms with Gasteiger partial charge in [-0.1, -0.05) is 60.7 Å². The van der Waals surface area contributed by atoms with Gasteiger partial charge in [0.2, 0.25) is 0 Å². The van der Waals surface area contributed by atoms with Crippen LogP contribution in [0.4, 0.5) is 0 Å². The molecular weight excluding hydrogens is 552 g/mol. The highest BCUT2D eigenvalue weighted by Crippen LogP contribution is 2.31. The second-order valence-electron chi connectivity index (χ2n) is 11.2. The molecule has 232 valence electrons. The maximum Gasteiger partial charge on any atom is 0.309 e. The van der Waals surface area contributed by atoms with Crippen LogP contribution >= 0.6 is 0 Å². The molecule has 0 aliphatic heterocycles. The lowest BCUT2D eigenvalue weighted by Crippen LogP contribution is -2.29. The molecule has 0 amide bonds. The van der Waals surface area contributed by atoms with Gasteiger partial charge in [0.25, 0.3) is 0 Å². The van der Waals surface area contributed by atoms with Gasteiger partial charge in [0, 0.05) is 0 Å². The normalized spacial score (nSPS) is 21.8. The summed E-state index contributed by atoms with van der Waals surface area (Å²) in [5.41, 5.74) is 1.90. The van der Waals surface area contributed by atoms with Gasteiger partial charge in [0.1, 0.15) is 26.4 Å². The fraction of sp³-hybridized carbons (Fsp3) is 0.529. The number of carbonyl (C=O) groups excluding carboxylic acids is 4. The molecular formula is C34H42O9. The molecule has 2 fully saturated rings. The van der Waals surface area contributed by atoms with E-state index in [0.717, 1.165) is 11.1 Å². The number of benzene rings is 2. The Balaban J connectivity index is 0.985. The molecule has 0 atom stereocenters. The van der Waals surface area contributed by atoms with Crippen LogP contribution in [0.3, 0.4) is 0 Å². The van der Waals surface area contributed by atoms with Gasteiger partial charge in [-0.25, -0.2) is 0 Å². The van der Waals surface area contributed by atoms with E-state index in [-0.39, 0.29) is 87.2 Å². The van der Waals surface area contributed by atoms with Gasteiger partial charge in [0.15, 0.2) is 0 Å². The minimum absolute atomic E-state index is 0.121. The molecule has 9 heteroatoms. The minimum Gasteiger partial charge on any atom is -0.463 e. The first-order chi connectivity index (χ1) is 21.0. The van der Waals surface area contributed by atoms with Crippen molar-refractivity contribution in [3.63, 3.8) is 0 Å². The van der Waals surface area contributed by atoms with Gasteiger partial charge in [-0.05, 0) is 62.5 Å². The molecule has 9 nitrogen and oxygen atoms in total. The van der Waals surface area contributed by atoms with E-state index in [0.29, 0.717) is 51.4 Å². The molecule has 0 N–H and O–H groups in total. The highest BCUT2D eigenvalue weighted by atomic mass is 16.6. The molecule has 2 aromatic rings. The van der Waals surface area contributed by atoms with E-state index in [4.69, 9.17) is 23.7 Å². The largest absolute Gasteiger partial charge is 0.463 e. The Morgan fingerprint density at radius 2 is 0.744 bits per heavy atom. The van der Waals surface area contributed by atoms with E-state index in [1.165, 1.54) is 0 Å². The highest BCUT2D eigenvalue weighted by Gasteiger charge is 2.33. The van der Waals surface area contributed by atoms with Crippen molar-refractivity contribution in [3.05, 3.63) is 71.8 Å². The van der Waals surface area contributed by atoms with Crippen molar-refractivity contribution in [1.82, 2.24) is 0 Å². The van der Waals surface area contributed by atoms with E-state index in [2.05, 4.69) is 0 Å². The number of hydrogen-bond donors (Lipinski definition) is 0. The third-order valence-corrected chi connectivity index (χ3v) is 8.18. The first-order valence-electron chi connectivity index (χ1n) is 15.3. The summed E-state index contributed by atoms with van der Waals surface area (Å²) >= 11 is 0. The Bertz CT molecular complexity index is 1060. The van der Waals surface area contributed by atoms with Gasteiger partial charge in [0.05, 0.1) is 36.9 Å². The lowest BCUT2D eigenvalue weighted by Gasteiger charge is -2.26. The lowest BCUT2D eigenvalue weighted by molar-refractivity contribution is -0.158. The Morgan fingerprint density at radius 1 is 0.442 bits per heavy atom. The number of esters is 4. The van der Waals surface area contributed by atoms with Crippen LogP contribution in [0.2, 0.25) is 0 Å². The molecule has 0 radical (unpaired) electrons. The van der Waals surface area contributed by atoms with E-state index in [1.807, 2.05) is 60.7 Å². The first kappa shape index (κ1) is 32.2. The van der Waals surface area contributed by atoms with E-state index in [1.54, 1.807) is 0 Å². The second kappa shape index (κ2) is 17.4. The fourth-order valence-electron chi connectivity index (χ4n) is 5.56. The van der Waals surface area contributed by atoms with Crippen LogP contribution in [0.5, 0.6) is 0 Å². The third kappa shape index (κ3) is 10.8. The summed E-state index contributed by atoms with van der Waals surface area (Å²) in [5, 5.41) is 0. The van der Waals surface area contributed by atoms with Crippen LogP contribution in [0.15, 0.2) is 60.7 Å². The Hall–Kier alpha value is -3.72. The first-order valence-corrected chi connectivity index (χ1v) is 15.3. The van der Waals surface area contributed by atoms with Crippen molar-refractivity contribution in [3.8, 4) is 0 Å². The van der Waals surface area contributed by atoms with Crippen molar-refractivity contribution < 1.29 is 42.9 Å². The molecule has 0 bridgehead atoms. The van der Waals surface area contributed by atoms with Gasteiger partial charge in [-0.2, -0.15) is 0 Å². The summed E-state index contributed by atoms with van der Waals surface area (Å²) in [6.07, 6.45) is 4.80. The lowest BCUT2D eigenvalue weighted by atomic mass is 9.82. The van der Waals surface area contributed by atoms with E-state index < -0.39 is 0 Å². The SMILES string of the molecule is O=C(OCCOCCOC(=O)[C@H]1CC[C@@H](C(=O)OCc2ccccc2)CC1)[C@H]1CC[C@@H](C(=O)OCc2ccccc2)CC1. The average molecular weight is 595 g/mol. The molecule has 0 heterocycles. The summed E-state index contributed by atoms with van der Waals surface area (Å²) in [4.78, 5) is 49.6. The van der Waals surface area contributed by atoms with Crippen LogP contribution in [-0.2, 0) is 56.1 Å². The quantitative estimate of drug-likeness (QED) is 0.166. The molecule has 0 spiro atoms. The van der Waals surface area contributed by atoms with Gasteiger partial charge >= 0.3 is 23.9 Å². The summed E-state index contributed by atoms with van der Waals surface area (Å²) in [7, 11) is 0. The summed E-state index contributed by atoms with van der Waals surface area (Å²) in [6, 6.07) is 19.1. The molecule has 0 saturated heterocycles. The molecule has 2 aliphatic rings. The minimum atomic E-state index is -0.273. The predicted molar refractivity (Wildman–Crippen MR) is 156 cm³/mol.